The molecule has 0 nitrogen and oxygen atoms in total. The fourth-order valence-corrected chi connectivity index (χ4v) is 13.5. The summed E-state index contributed by atoms with van der Waals surface area (Å²) in [5, 5.41) is 13.3. The molecule has 0 N–H and O–H groups in total. The molecule has 0 aliphatic carbocycles. The lowest BCUT2D eigenvalue weighted by molar-refractivity contribution is 1.35. The van der Waals surface area contributed by atoms with Crippen molar-refractivity contribution in [3.05, 3.63) is 194 Å². The Morgan fingerprint density at radius 2 is 0.585 bits per heavy atom. The molecule has 8 rings (SSSR count). The zero-order valence-corrected chi connectivity index (χ0v) is 33.6. The molecule has 0 saturated carbocycles. The third-order valence-corrected chi connectivity index (χ3v) is 17.6. The van der Waals surface area contributed by atoms with Crippen molar-refractivity contribution in [1.29, 1.82) is 0 Å². The van der Waals surface area contributed by atoms with Crippen LogP contribution in [0.2, 0.25) is 0 Å². The fourth-order valence-electron chi connectivity index (χ4n) is 7.25. The number of hydrogen-bond donors (Lipinski definition) is 0. The van der Waals surface area contributed by atoms with Gasteiger partial charge < -0.3 is 0 Å². The predicted molar refractivity (Wildman–Crippen MR) is 243 cm³/mol. The molecule has 8 aromatic carbocycles. The second-order valence-corrected chi connectivity index (χ2v) is 20.6. The maximum absolute atomic E-state index is 2.42. The van der Waals surface area contributed by atoms with E-state index < -0.39 is 15.8 Å². The van der Waals surface area contributed by atoms with Gasteiger partial charge in [0.2, 0.25) is 0 Å². The third-order valence-electron chi connectivity index (χ3n) is 9.95. The first-order chi connectivity index (χ1) is 26.2. The van der Waals surface area contributed by atoms with Gasteiger partial charge in [-0.2, -0.15) is 0 Å². The first kappa shape index (κ1) is 36.9. The van der Waals surface area contributed by atoms with Gasteiger partial charge in [0.15, 0.2) is 0 Å². The smallest absolute Gasteiger partial charge is 0.000884 e. The van der Waals surface area contributed by atoms with Crippen LogP contribution in [0.3, 0.4) is 0 Å². The molecule has 0 aromatic heterocycles. The highest BCUT2D eigenvalue weighted by atomic mass is 31.1. The molecule has 0 aliphatic heterocycles. The molecule has 0 heterocycles. The minimum absolute atomic E-state index is 0.446. The van der Waals surface area contributed by atoms with Gasteiger partial charge in [-0.1, -0.05) is 215 Å². The van der Waals surface area contributed by atoms with Gasteiger partial charge >= 0.3 is 0 Å². The average molecular weight is 741 g/mol. The van der Waals surface area contributed by atoms with Crippen molar-refractivity contribution in [3.63, 3.8) is 0 Å². The molecule has 0 saturated heterocycles. The Hall–Kier alpha value is -4.43. The predicted octanol–water partition coefficient (Wildman–Crippen LogP) is 11.7. The quantitative estimate of drug-likeness (QED) is 0.123. The van der Waals surface area contributed by atoms with Gasteiger partial charge in [0.25, 0.3) is 0 Å². The summed E-state index contributed by atoms with van der Waals surface area (Å²) in [5.41, 5.74) is 2.70. The maximum Gasteiger partial charge on any atom is -0.000884 e. The molecule has 8 aromatic rings. The van der Waals surface area contributed by atoms with E-state index in [-0.39, 0.29) is 0 Å². The van der Waals surface area contributed by atoms with E-state index in [1.807, 2.05) is 0 Å². The van der Waals surface area contributed by atoms with E-state index >= 15 is 0 Å². The second-order valence-electron chi connectivity index (χ2n) is 13.0. The molecule has 0 aliphatic rings. The van der Waals surface area contributed by atoms with Crippen LogP contribution in [-0.4, -0.2) is 18.5 Å². The first-order valence-electron chi connectivity index (χ1n) is 18.8. The van der Waals surface area contributed by atoms with Crippen LogP contribution in [0.5, 0.6) is 0 Å². The highest BCUT2D eigenvalue weighted by molar-refractivity contribution is 7.80. The van der Waals surface area contributed by atoms with Crippen molar-refractivity contribution < 1.29 is 0 Å². The maximum atomic E-state index is 2.42. The molecule has 0 bridgehead atoms. The lowest BCUT2D eigenvalue weighted by Crippen LogP contribution is -2.26. The largest absolute Gasteiger partial charge is 0.108 e. The molecule has 0 fully saturated rings. The molecule has 262 valence electrons. The summed E-state index contributed by atoms with van der Waals surface area (Å²) < 4.78 is 0. The van der Waals surface area contributed by atoms with Gasteiger partial charge in [-0.05, 0) is 98.8 Å². The second kappa shape index (κ2) is 18.1. The molecule has 0 unspecified atom stereocenters. The van der Waals surface area contributed by atoms with Crippen LogP contribution in [0.15, 0.2) is 194 Å². The van der Waals surface area contributed by atoms with Crippen molar-refractivity contribution in [2.24, 2.45) is 0 Å². The Bertz CT molecular complexity index is 2100. The van der Waals surface area contributed by atoms with Crippen LogP contribution in [-0.2, 0) is 0 Å². The van der Waals surface area contributed by atoms with E-state index in [4.69, 9.17) is 0 Å². The zero-order valence-electron chi connectivity index (χ0n) is 30.9. The monoisotopic (exact) mass is 740 g/mol. The van der Waals surface area contributed by atoms with E-state index in [9.17, 15) is 0 Å². The molecule has 0 amide bonds. The van der Waals surface area contributed by atoms with Crippen molar-refractivity contribution in [2.45, 2.75) is 20.8 Å². The third kappa shape index (κ3) is 8.23. The summed E-state index contributed by atoms with van der Waals surface area (Å²) in [6.07, 6.45) is 4.26. The van der Waals surface area contributed by atoms with Crippen LogP contribution in [0, 0.1) is 0 Å². The number of rotatable bonds is 10. The van der Waals surface area contributed by atoms with Crippen LogP contribution < -0.4 is 31.8 Å². The van der Waals surface area contributed by atoms with E-state index in [1.54, 1.807) is 0 Å². The highest BCUT2D eigenvalue weighted by Gasteiger charge is 2.28. The number of benzene rings is 8. The lowest BCUT2D eigenvalue weighted by Gasteiger charge is -2.28. The summed E-state index contributed by atoms with van der Waals surface area (Å²) in [6.45, 7) is 6.87. The Morgan fingerprint density at radius 3 is 0.868 bits per heavy atom. The summed E-state index contributed by atoms with van der Waals surface area (Å²) in [5.74, 6) is 0. The van der Waals surface area contributed by atoms with Crippen molar-refractivity contribution >= 4 is 77.1 Å². The Morgan fingerprint density at radius 1 is 0.302 bits per heavy atom. The van der Waals surface area contributed by atoms with Crippen molar-refractivity contribution in [3.8, 4) is 11.1 Å². The number of hydrogen-bond acceptors (Lipinski definition) is 0. The minimum Gasteiger partial charge on any atom is -0.108 e. The summed E-state index contributed by atoms with van der Waals surface area (Å²) in [6, 6.07) is 71.8. The van der Waals surface area contributed by atoms with Gasteiger partial charge in [-0.25, -0.2) is 0 Å². The van der Waals surface area contributed by atoms with Crippen molar-refractivity contribution in [1.82, 2.24) is 0 Å². The summed E-state index contributed by atoms with van der Waals surface area (Å²) >= 11 is 0. The van der Waals surface area contributed by atoms with Crippen molar-refractivity contribution in [2.75, 3.05) is 18.5 Å². The Balaban J connectivity index is 0.000000568. The molecule has 0 atom stereocenters. The van der Waals surface area contributed by atoms with Gasteiger partial charge in [0.05, 0.1) is 0 Å². The normalized spacial score (nSPS) is 11.3. The molecule has 53 heavy (non-hydrogen) atoms. The van der Waals surface area contributed by atoms with E-state index in [0.29, 0.717) is 7.92 Å². The molecular weight excluding hydrogens is 693 g/mol. The van der Waals surface area contributed by atoms with Gasteiger partial charge in [-0.15, -0.1) is 7.92 Å². The molecular formula is C50H47P3. The highest BCUT2D eigenvalue weighted by Crippen LogP contribution is 2.45. The van der Waals surface area contributed by atoms with Crippen LogP contribution in [0.4, 0.5) is 0 Å². The van der Waals surface area contributed by atoms with Gasteiger partial charge in [-0.3, -0.25) is 0 Å². The first-order valence-corrected chi connectivity index (χ1v) is 23.4. The Kier molecular flexibility index (Phi) is 12.6. The minimum atomic E-state index is -0.852. The van der Waals surface area contributed by atoms with Gasteiger partial charge in [0, 0.05) is 0 Å². The van der Waals surface area contributed by atoms with Crippen LogP contribution in [0.25, 0.3) is 32.7 Å². The molecule has 3 heteroatoms. The van der Waals surface area contributed by atoms with Gasteiger partial charge in [0.1, 0.15) is 0 Å². The standard InChI is InChI=1S/C44H32P2.C6H15P/c1-5-19-35(20-6-1)45(36-21-7-2-8-22-36)41-31-29-33-17-13-15-27-39(33)43(41)44-40-28-16-14-18-34(40)30-32-42(44)46(37-23-9-3-10-24-37)38-25-11-4-12-26-38;1-4-7(5-2)6-3/h1-32H;4-6H2,1-3H3. The molecule has 0 radical (unpaired) electrons. The van der Waals surface area contributed by atoms with Crippen LogP contribution >= 0.6 is 23.8 Å². The average Bonchev–Trinajstić information content (AvgIpc) is 3.23. The molecule has 0 spiro atoms. The number of fused-ring (bicyclic) bond motifs is 2. The summed E-state index contributed by atoms with van der Waals surface area (Å²) in [7, 11) is -1.26. The van der Waals surface area contributed by atoms with E-state index in [2.05, 4.69) is 215 Å². The summed E-state index contributed by atoms with van der Waals surface area (Å²) in [4.78, 5) is 0. The fraction of sp³-hybridized carbons (Fsp3) is 0.120. The zero-order chi connectivity index (χ0) is 36.4. The topological polar surface area (TPSA) is 0 Å². The lowest BCUT2D eigenvalue weighted by atomic mass is 9.93. The SMILES string of the molecule is CCP(CC)CC.c1ccc(P(c2ccccc2)c2ccc3ccccc3c2-c2c(P(c3ccccc3)c3ccccc3)ccc3ccccc23)cc1. The Labute approximate surface area is 320 Å². The van der Waals surface area contributed by atoms with E-state index in [0.717, 1.165) is 0 Å². The van der Waals surface area contributed by atoms with Crippen LogP contribution in [0.1, 0.15) is 20.8 Å². The van der Waals surface area contributed by atoms with E-state index in [1.165, 1.54) is 83.0 Å².